The maximum atomic E-state index is 14.2. The molecule has 1 saturated heterocycles. The largest absolute Gasteiger partial charge is 0.382 e. The van der Waals surface area contributed by atoms with Gasteiger partial charge in [0.2, 0.25) is 0 Å². The number of pyridine rings is 1. The van der Waals surface area contributed by atoms with Crippen molar-refractivity contribution in [1.82, 2.24) is 24.6 Å². The fourth-order valence-corrected chi connectivity index (χ4v) is 7.02. The fourth-order valence-electron chi connectivity index (χ4n) is 7.02. The van der Waals surface area contributed by atoms with Crippen LogP contribution in [-0.4, -0.2) is 56.1 Å². The molecule has 11 heteroatoms. The van der Waals surface area contributed by atoms with Gasteiger partial charge in [0.05, 0.1) is 22.9 Å². The highest BCUT2D eigenvalue weighted by Crippen LogP contribution is 2.53. The quantitative estimate of drug-likeness (QED) is 0.388. The molecule has 0 spiro atoms. The summed E-state index contributed by atoms with van der Waals surface area (Å²) in [5.41, 5.74) is 3.90. The summed E-state index contributed by atoms with van der Waals surface area (Å²) >= 11 is 0. The SMILES string of the molecule is C[C@@H]1CN(Cc2cc(C(=O)Nc3cccc(C4(c5nncn5C)CC(CC#N)C4)c3)nc3c2NCC3(C)C)CCC1(F)F. The zero-order valence-electron chi connectivity index (χ0n) is 25.1. The second kappa shape index (κ2) is 10.7. The Hall–Kier alpha value is -3.91. The number of hydrogen-bond acceptors (Lipinski definition) is 7. The Labute approximate surface area is 250 Å². The zero-order valence-corrected chi connectivity index (χ0v) is 25.1. The molecule has 2 aromatic heterocycles. The summed E-state index contributed by atoms with van der Waals surface area (Å²) in [6, 6.07) is 11.9. The third kappa shape index (κ3) is 5.26. The standard InChI is InChI=1S/C32H38F2N8O/c1-20-16-42(11-9-32(20,33)34)17-22-12-25(39-27-26(22)36-18-30(27,2)3)28(43)38-24-7-5-6-23(13-24)31(14-21(15-31)8-10-35)29-40-37-19-41(29)4/h5-7,12-13,19-21,36H,8-9,11,14-18H2,1-4H3,(H,38,43)/t20-,21?,31?/m1/s1. The Bertz CT molecular complexity index is 1590. The van der Waals surface area contributed by atoms with E-state index in [4.69, 9.17) is 4.98 Å². The van der Waals surface area contributed by atoms with Crippen LogP contribution >= 0.6 is 0 Å². The van der Waals surface area contributed by atoms with E-state index < -0.39 is 11.8 Å². The third-order valence-electron chi connectivity index (χ3n) is 9.56. The molecule has 1 aromatic carbocycles. The number of nitrogens with zero attached hydrogens (tertiary/aromatic N) is 6. The lowest BCUT2D eigenvalue weighted by molar-refractivity contribution is -0.100. The van der Waals surface area contributed by atoms with E-state index in [1.807, 2.05) is 40.8 Å². The average molecular weight is 589 g/mol. The number of rotatable bonds is 7. The number of fused-ring (bicyclic) bond motifs is 1. The number of anilines is 2. The molecule has 2 N–H and O–H groups in total. The van der Waals surface area contributed by atoms with Crippen molar-refractivity contribution in [2.45, 2.75) is 69.8 Å². The first-order valence-electron chi connectivity index (χ1n) is 14.9. The van der Waals surface area contributed by atoms with Gasteiger partial charge in [-0.3, -0.25) is 9.69 Å². The predicted molar refractivity (Wildman–Crippen MR) is 159 cm³/mol. The van der Waals surface area contributed by atoms with E-state index in [-0.39, 0.29) is 29.1 Å². The lowest BCUT2D eigenvalue weighted by Crippen LogP contribution is -2.45. The van der Waals surface area contributed by atoms with Crippen LogP contribution in [0.4, 0.5) is 20.2 Å². The Balaban J connectivity index is 1.27. The molecule has 3 aliphatic rings. The number of carbonyl (C=O) groups is 1. The summed E-state index contributed by atoms with van der Waals surface area (Å²) < 4.78 is 30.3. The van der Waals surface area contributed by atoms with E-state index in [2.05, 4.69) is 40.7 Å². The first-order valence-corrected chi connectivity index (χ1v) is 14.9. The van der Waals surface area contributed by atoms with E-state index in [0.717, 1.165) is 41.2 Å². The normalized spacial score (nSPS) is 25.7. The van der Waals surface area contributed by atoms with Crippen LogP contribution in [0.2, 0.25) is 0 Å². The molecule has 9 nitrogen and oxygen atoms in total. The van der Waals surface area contributed by atoms with Gasteiger partial charge in [-0.05, 0) is 48.1 Å². The van der Waals surface area contributed by atoms with Crippen LogP contribution in [-0.2, 0) is 24.4 Å². The molecule has 3 aromatic rings. The van der Waals surface area contributed by atoms with E-state index >= 15 is 0 Å². The molecule has 0 unspecified atom stereocenters. The van der Waals surface area contributed by atoms with E-state index in [1.165, 1.54) is 0 Å². The first-order chi connectivity index (χ1) is 20.4. The summed E-state index contributed by atoms with van der Waals surface area (Å²) in [6.45, 7) is 7.51. The van der Waals surface area contributed by atoms with Crippen molar-refractivity contribution in [2.24, 2.45) is 18.9 Å². The van der Waals surface area contributed by atoms with E-state index in [9.17, 15) is 18.8 Å². The number of likely N-dealkylation sites (tertiary alicyclic amines) is 1. The number of amides is 1. The number of benzene rings is 1. The van der Waals surface area contributed by atoms with Crippen molar-refractivity contribution in [3.8, 4) is 6.07 Å². The Morgan fingerprint density at radius 2 is 2.05 bits per heavy atom. The molecule has 4 heterocycles. The number of halogens is 2. The van der Waals surface area contributed by atoms with Crippen LogP contribution in [0.1, 0.15) is 79.6 Å². The number of aryl methyl sites for hydroxylation is 1. The van der Waals surface area contributed by atoms with Crippen LogP contribution in [0.3, 0.4) is 0 Å². The Morgan fingerprint density at radius 3 is 2.74 bits per heavy atom. The van der Waals surface area contributed by atoms with Gasteiger partial charge in [-0.15, -0.1) is 10.2 Å². The molecule has 2 aliphatic heterocycles. The highest BCUT2D eigenvalue weighted by atomic mass is 19.3. The summed E-state index contributed by atoms with van der Waals surface area (Å²) in [6.07, 6.45) is 3.57. The third-order valence-corrected chi connectivity index (χ3v) is 9.56. The van der Waals surface area contributed by atoms with Crippen molar-refractivity contribution in [2.75, 3.05) is 30.3 Å². The summed E-state index contributed by atoms with van der Waals surface area (Å²) in [5, 5.41) is 24.3. The highest BCUT2D eigenvalue weighted by Gasteiger charge is 2.50. The molecule has 1 atom stereocenters. The number of alkyl halides is 2. The number of hydrogen-bond donors (Lipinski definition) is 2. The number of piperidine rings is 1. The molecule has 0 radical (unpaired) electrons. The smallest absolute Gasteiger partial charge is 0.274 e. The van der Waals surface area contributed by atoms with Gasteiger partial charge in [-0.1, -0.05) is 32.9 Å². The molecule has 0 bridgehead atoms. The lowest BCUT2D eigenvalue weighted by atomic mass is 9.57. The minimum atomic E-state index is -2.65. The van der Waals surface area contributed by atoms with Gasteiger partial charge in [0.1, 0.15) is 17.8 Å². The minimum absolute atomic E-state index is 0.170. The fraction of sp³-hybridized carbons (Fsp3) is 0.531. The van der Waals surface area contributed by atoms with Crippen molar-refractivity contribution < 1.29 is 13.6 Å². The second-order valence-corrected chi connectivity index (χ2v) is 13.3. The number of carbonyl (C=O) groups excluding carboxylic acids is 1. The van der Waals surface area contributed by atoms with Gasteiger partial charge in [0, 0.05) is 63.1 Å². The van der Waals surface area contributed by atoms with Crippen molar-refractivity contribution in [3.05, 3.63) is 65.0 Å². The predicted octanol–water partition coefficient (Wildman–Crippen LogP) is 5.25. The van der Waals surface area contributed by atoms with Crippen LogP contribution in [0.5, 0.6) is 0 Å². The Kier molecular flexibility index (Phi) is 7.24. The molecular formula is C32H38F2N8O. The molecule has 1 amide bonds. The van der Waals surface area contributed by atoms with Gasteiger partial charge in [0.15, 0.2) is 0 Å². The zero-order chi connectivity index (χ0) is 30.6. The molecule has 2 fully saturated rings. The molecule has 1 saturated carbocycles. The van der Waals surface area contributed by atoms with Crippen LogP contribution in [0.25, 0.3) is 0 Å². The van der Waals surface area contributed by atoms with Crippen molar-refractivity contribution >= 4 is 17.3 Å². The summed E-state index contributed by atoms with van der Waals surface area (Å²) in [7, 11) is 1.92. The lowest BCUT2D eigenvalue weighted by Gasteiger charge is -2.46. The van der Waals surface area contributed by atoms with Gasteiger partial charge in [0.25, 0.3) is 11.8 Å². The van der Waals surface area contributed by atoms with Crippen LogP contribution < -0.4 is 10.6 Å². The van der Waals surface area contributed by atoms with Crippen LogP contribution in [0.15, 0.2) is 36.7 Å². The first kappa shape index (κ1) is 29.2. The van der Waals surface area contributed by atoms with Crippen LogP contribution in [0, 0.1) is 23.2 Å². The molecule has 226 valence electrons. The molecule has 1 aliphatic carbocycles. The van der Waals surface area contributed by atoms with Gasteiger partial charge >= 0.3 is 0 Å². The maximum absolute atomic E-state index is 14.2. The van der Waals surface area contributed by atoms with Gasteiger partial charge in [-0.25, -0.2) is 13.8 Å². The highest BCUT2D eigenvalue weighted by molar-refractivity contribution is 6.03. The number of aromatic nitrogens is 4. The van der Waals surface area contributed by atoms with E-state index in [0.29, 0.717) is 44.0 Å². The van der Waals surface area contributed by atoms with Crippen molar-refractivity contribution in [1.29, 1.82) is 5.26 Å². The van der Waals surface area contributed by atoms with E-state index in [1.54, 1.807) is 19.3 Å². The van der Waals surface area contributed by atoms with Gasteiger partial charge < -0.3 is 15.2 Å². The molecular weight excluding hydrogens is 550 g/mol. The minimum Gasteiger partial charge on any atom is -0.382 e. The molecule has 43 heavy (non-hydrogen) atoms. The maximum Gasteiger partial charge on any atom is 0.274 e. The van der Waals surface area contributed by atoms with Gasteiger partial charge in [-0.2, -0.15) is 5.26 Å². The monoisotopic (exact) mass is 588 g/mol. The number of nitriles is 1. The molecule has 6 rings (SSSR count). The van der Waals surface area contributed by atoms with Crippen molar-refractivity contribution in [3.63, 3.8) is 0 Å². The summed E-state index contributed by atoms with van der Waals surface area (Å²) in [5.74, 6) is -2.59. The number of nitrogens with one attached hydrogen (secondary N) is 2. The topological polar surface area (TPSA) is 112 Å². The average Bonchev–Trinajstić information content (AvgIpc) is 3.50. The summed E-state index contributed by atoms with van der Waals surface area (Å²) in [4.78, 5) is 20.6. The Morgan fingerprint density at radius 1 is 1.26 bits per heavy atom. The second-order valence-electron chi connectivity index (χ2n) is 13.3.